The van der Waals surface area contributed by atoms with Crippen LogP contribution in [0.25, 0.3) is 0 Å². The van der Waals surface area contributed by atoms with Crippen molar-refractivity contribution in [1.82, 2.24) is 15.3 Å². The van der Waals surface area contributed by atoms with Crippen LogP contribution in [-0.4, -0.2) is 15.9 Å². The lowest BCUT2D eigenvalue weighted by atomic mass is 9.85. The minimum atomic E-state index is -0.340. The van der Waals surface area contributed by atoms with E-state index in [1.165, 1.54) is 31.0 Å². The molecule has 1 amide bonds. The SMILES string of the molecule is O=C(CC1CCCC1)N[C@H](Cc1cc(=O)[nH]c(C2CCC2)n1)c1ccc(F)cc1. The van der Waals surface area contributed by atoms with E-state index in [0.29, 0.717) is 30.4 Å². The van der Waals surface area contributed by atoms with Gasteiger partial charge in [-0.25, -0.2) is 9.37 Å². The highest BCUT2D eigenvalue weighted by Gasteiger charge is 2.24. The van der Waals surface area contributed by atoms with Crippen molar-refractivity contribution in [2.24, 2.45) is 5.92 Å². The van der Waals surface area contributed by atoms with Crippen LogP contribution >= 0.6 is 0 Å². The Labute approximate surface area is 170 Å². The zero-order valence-electron chi connectivity index (χ0n) is 16.6. The Morgan fingerprint density at radius 1 is 1.14 bits per heavy atom. The molecule has 5 nitrogen and oxygen atoms in total. The minimum Gasteiger partial charge on any atom is -0.349 e. The fourth-order valence-corrected chi connectivity index (χ4v) is 4.39. The number of hydrogen-bond donors (Lipinski definition) is 2. The van der Waals surface area contributed by atoms with Crippen LogP contribution in [0.15, 0.2) is 35.1 Å². The van der Waals surface area contributed by atoms with Crippen molar-refractivity contribution in [2.45, 2.75) is 69.7 Å². The van der Waals surface area contributed by atoms with Gasteiger partial charge in [-0.05, 0) is 49.3 Å². The minimum absolute atomic E-state index is 0.00952. The number of amides is 1. The van der Waals surface area contributed by atoms with E-state index in [1.807, 2.05) is 0 Å². The number of rotatable bonds is 7. The predicted octanol–water partition coefficient (Wildman–Crippen LogP) is 4.16. The van der Waals surface area contributed by atoms with Crippen molar-refractivity contribution in [3.05, 3.63) is 63.6 Å². The van der Waals surface area contributed by atoms with E-state index < -0.39 is 0 Å². The summed E-state index contributed by atoms with van der Waals surface area (Å²) in [5.74, 6) is 1.21. The van der Waals surface area contributed by atoms with Crippen LogP contribution in [0.2, 0.25) is 0 Å². The molecular formula is C23H28FN3O2. The van der Waals surface area contributed by atoms with E-state index in [0.717, 1.165) is 43.5 Å². The highest BCUT2D eigenvalue weighted by Crippen LogP contribution is 2.34. The molecule has 154 valence electrons. The fourth-order valence-electron chi connectivity index (χ4n) is 4.39. The third kappa shape index (κ3) is 5.11. The Hall–Kier alpha value is -2.50. The molecule has 2 saturated carbocycles. The van der Waals surface area contributed by atoms with Crippen LogP contribution < -0.4 is 10.9 Å². The molecule has 0 saturated heterocycles. The Bertz CT molecular complexity index is 899. The van der Waals surface area contributed by atoms with Gasteiger partial charge in [0.15, 0.2) is 0 Å². The molecule has 2 aliphatic carbocycles. The quantitative estimate of drug-likeness (QED) is 0.737. The predicted molar refractivity (Wildman–Crippen MR) is 109 cm³/mol. The summed E-state index contributed by atoms with van der Waals surface area (Å²) < 4.78 is 13.4. The van der Waals surface area contributed by atoms with Gasteiger partial charge in [0.1, 0.15) is 11.6 Å². The summed E-state index contributed by atoms with van der Waals surface area (Å²) in [6.45, 7) is 0. The van der Waals surface area contributed by atoms with E-state index in [2.05, 4.69) is 15.3 Å². The van der Waals surface area contributed by atoms with Gasteiger partial charge >= 0.3 is 0 Å². The van der Waals surface area contributed by atoms with Crippen molar-refractivity contribution in [2.75, 3.05) is 0 Å². The van der Waals surface area contributed by atoms with E-state index in [1.54, 1.807) is 12.1 Å². The number of aromatic amines is 1. The van der Waals surface area contributed by atoms with Crippen LogP contribution in [0.1, 0.15) is 80.4 Å². The number of aromatic nitrogens is 2. The van der Waals surface area contributed by atoms with Gasteiger partial charge in [0.05, 0.1) is 11.7 Å². The molecule has 0 unspecified atom stereocenters. The summed E-state index contributed by atoms with van der Waals surface area (Å²) in [5, 5.41) is 3.11. The van der Waals surface area contributed by atoms with Crippen LogP contribution in [-0.2, 0) is 11.2 Å². The molecule has 29 heavy (non-hydrogen) atoms. The molecule has 6 heteroatoms. The van der Waals surface area contributed by atoms with Crippen molar-refractivity contribution in [3.8, 4) is 0 Å². The van der Waals surface area contributed by atoms with Crippen molar-refractivity contribution >= 4 is 5.91 Å². The van der Waals surface area contributed by atoms with Gasteiger partial charge in [-0.1, -0.05) is 31.4 Å². The number of nitrogens with one attached hydrogen (secondary N) is 2. The van der Waals surface area contributed by atoms with Crippen molar-refractivity contribution in [1.29, 1.82) is 0 Å². The summed E-state index contributed by atoms with van der Waals surface area (Å²) in [6, 6.07) is 7.34. The number of benzene rings is 1. The maximum absolute atomic E-state index is 13.4. The zero-order chi connectivity index (χ0) is 20.2. The summed E-state index contributed by atoms with van der Waals surface area (Å²) in [7, 11) is 0. The number of H-pyrrole nitrogens is 1. The molecule has 1 atom stereocenters. The largest absolute Gasteiger partial charge is 0.349 e. The second-order valence-corrected chi connectivity index (χ2v) is 8.48. The Morgan fingerprint density at radius 2 is 1.86 bits per heavy atom. The van der Waals surface area contributed by atoms with E-state index in [9.17, 15) is 14.0 Å². The standard InChI is InChI=1S/C23H28FN3O2/c24-18-10-8-16(9-11-18)20(26-21(28)12-15-4-1-2-5-15)13-19-14-22(29)27-23(25-19)17-6-3-7-17/h8-11,14-15,17,20H,1-7,12-13H2,(H,26,28)(H,25,27,29)/t20-/m1/s1. The van der Waals surface area contributed by atoms with Crippen LogP contribution in [0, 0.1) is 11.7 Å². The van der Waals surface area contributed by atoms with Gasteiger partial charge in [-0.2, -0.15) is 0 Å². The summed E-state index contributed by atoms with van der Waals surface area (Å²) in [4.78, 5) is 32.3. The zero-order valence-corrected chi connectivity index (χ0v) is 16.6. The molecule has 2 aromatic rings. The molecule has 0 bridgehead atoms. The van der Waals surface area contributed by atoms with Crippen molar-refractivity contribution < 1.29 is 9.18 Å². The van der Waals surface area contributed by atoms with Gasteiger partial charge in [0.25, 0.3) is 5.56 Å². The van der Waals surface area contributed by atoms with Gasteiger partial charge in [0.2, 0.25) is 5.91 Å². The lowest BCUT2D eigenvalue weighted by Crippen LogP contribution is -2.32. The first kappa shape index (κ1) is 19.8. The molecule has 0 aliphatic heterocycles. The Kier molecular flexibility index (Phi) is 6.07. The average Bonchev–Trinajstić information content (AvgIpc) is 3.13. The van der Waals surface area contributed by atoms with Gasteiger partial charge < -0.3 is 10.3 Å². The maximum Gasteiger partial charge on any atom is 0.251 e. The number of carbonyl (C=O) groups is 1. The summed E-state index contributed by atoms with van der Waals surface area (Å²) in [6.07, 6.45) is 8.79. The third-order valence-corrected chi connectivity index (χ3v) is 6.27. The maximum atomic E-state index is 13.4. The molecule has 1 heterocycles. The van der Waals surface area contributed by atoms with Crippen LogP contribution in [0.5, 0.6) is 0 Å². The second-order valence-electron chi connectivity index (χ2n) is 8.48. The molecule has 2 fully saturated rings. The first-order valence-electron chi connectivity index (χ1n) is 10.7. The topological polar surface area (TPSA) is 74.8 Å². The number of nitrogens with zero attached hydrogens (tertiary/aromatic N) is 1. The van der Waals surface area contributed by atoms with Gasteiger partial charge in [0, 0.05) is 24.8 Å². The summed E-state index contributed by atoms with van der Waals surface area (Å²) in [5.41, 5.74) is 1.32. The molecule has 4 rings (SSSR count). The van der Waals surface area contributed by atoms with E-state index in [4.69, 9.17) is 0 Å². The number of carbonyl (C=O) groups excluding carboxylic acids is 1. The lowest BCUT2D eigenvalue weighted by molar-refractivity contribution is -0.122. The smallest absolute Gasteiger partial charge is 0.251 e. The Balaban J connectivity index is 1.53. The third-order valence-electron chi connectivity index (χ3n) is 6.27. The summed E-state index contributed by atoms with van der Waals surface area (Å²) >= 11 is 0. The van der Waals surface area contributed by atoms with E-state index >= 15 is 0 Å². The molecular weight excluding hydrogens is 369 g/mol. The lowest BCUT2D eigenvalue weighted by Gasteiger charge is -2.25. The van der Waals surface area contributed by atoms with Gasteiger partial charge in [-0.3, -0.25) is 9.59 Å². The highest BCUT2D eigenvalue weighted by molar-refractivity contribution is 5.76. The molecule has 1 aromatic heterocycles. The second kappa shape index (κ2) is 8.89. The van der Waals surface area contributed by atoms with Crippen molar-refractivity contribution in [3.63, 3.8) is 0 Å². The Morgan fingerprint density at radius 3 is 2.52 bits per heavy atom. The molecule has 2 aliphatic rings. The van der Waals surface area contributed by atoms with Gasteiger partial charge in [-0.15, -0.1) is 0 Å². The molecule has 0 radical (unpaired) electrons. The average molecular weight is 397 g/mol. The number of halogens is 1. The highest BCUT2D eigenvalue weighted by atomic mass is 19.1. The number of hydrogen-bond acceptors (Lipinski definition) is 3. The normalized spacial score (nSPS) is 18.4. The first-order chi connectivity index (χ1) is 14.1. The monoisotopic (exact) mass is 397 g/mol. The molecule has 2 N–H and O–H groups in total. The molecule has 0 spiro atoms. The first-order valence-corrected chi connectivity index (χ1v) is 10.7. The van der Waals surface area contributed by atoms with E-state index in [-0.39, 0.29) is 23.3 Å². The van der Waals surface area contributed by atoms with Crippen LogP contribution in [0.4, 0.5) is 4.39 Å². The fraction of sp³-hybridized carbons (Fsp3) is 0.522. The molecule has 1 aromatic carbocycles. The van der Waals surface area contributed by atoms with Crippen LogP contribution in [0.3, 0.4) is 0 Å².